The summed E-state index contributed by atoms with van der Waals surface area (Å²) in [6.07, 6.45) is 1.89. The first-order valence-electron chi connectivity index (χ1n) is 8.93. The zero-order chi connectivity index (χ0) is 20.6. The van der Waals surface area contributed by atoms with Crippen LogP contribution in [0.25, 0.3) is 0 Å². The van der Waals surface area contributed by atoms with E-state index in [0.29, 0.717) is 18.7 Å². The predicted octanol–water partition coefficient (Wildman–Crippen LogP) is 3.61. The molecule has 0 aromatic heterocycles. The molecule has 0 bridgehead atoms. The van der Waals surface area contributed by atoms with Crippen LogP contribution in [-0.4, -0.2) is 24.0 Å². The van der Waals surface area contributed by atoms with E-state index in [2.05, 4.69) is 11.0 Å². The Balaban J connectivity index is 2.37. The van der Waals surface area contributed by atoms with Crippen LogP contribution in [-0.2, 0) is 0 Å². The minimum Gasteiger partial charge on any atom is -0.399 e. The second kappa shape index (κ2) is 7.28. The summed E-state index contributed by atoms with van der Waals surface area (Å²) < 4.78 is 14.9. The first-order valence-corrected chi connectivity index (χ1v) is 9.31. The van der Waals surface area contributed by atoms with Crippen LogP contribution >= 0.6 is 11.6 Å². The Hall–Kier alpha value is -2.85. The van der Waals surface area contributed by atoms with Gasteiger partial charge in [0.25, 0.3) is 0 Å². The van der Waals surface area contributed by atoms with Crippen molar-refractivity contribution in [1.29, 1.82) is 15.8 Å². The molecule has 28 heavy (non-hydrogen) atoms. The molecule has 1 aromatic carbocycles. The molecule has 0 saturated heterocycles. The number of hydrogen-bond acceptors (Lipinski definition) is 5. The Morgan fingerprint density at radius 3 is 2.50 bits per heavy atom. The summed E-state index contributed by atoms with van der Waals surface area (Å²) in [6, 6.07) is 10.5. The zero-order valence-corrected chi connectivity index (χ0v) is 16.3. The molecule has 0 radical (unpaired) electrons. The second-order valence-electron chi connectivity index (χ2n) is 7.36. The van der Waals surface area contributed by atoms with Gasteiger partial charge in [-0.25, -0.2) is 4.39 Å². The van der Waals surface area contributed by atoms with E-state index in [1.165, 1.54) is 18.2 Å². The van der Waals surface area contributed by atoms with Crippen LogP contribution in [0.5, 0.6) is 0 Å². The Labute approximate surface area is 168 Å². The van der Waals surface area contributed by atoms with Gasteiger partial charge in [0, 0.05) is 41.6 Å². The van der Waals surface area contributed by atoms with Gasteiger partial charge in [-0.05, 0) is 31.6 Å². The van der Waals surface area contributed by atoms with Crippen molar-refractivity contribution >= 4 is 11.6 Å². The monoisotopic (exact) mass is 395 g/mol. The normalized spacial score (nSPS) is 24.0. The molecule has 1 aromatic rings. The Kier molecular flexibility index (Phi) is 5.18. The van der Waals surface area contributed by atoms with E-state index in [0.717, 1.165) is 0 Å². The van der Waals surface area contributed by atoms with Gasteiger partial charge in [-0.15, -0.1) is 0 Å². The molecule has 0 amide bonds. The van der Waals surface area contributed by atoms with Gasteiger partial charge in [0.05, 0.1) is 23.4 Å². The topological polar surface area (TPSA) is 101 Å². The molecular formula is C21H19ClFN5. The van der Waals surface area contributed by atoms with Gasteiger partial charge in [0.15, 0.2) is 5.41 Å². The fourth-order valence-corrected chi connectivity index (χ4v) is 4.52. The van der Waals surface area contributed by atoms with Gasteiger partial charge in [-0.1, -0.05) is 23.7 Å². The van der Waals surface area contributed by atoms with E-state index in [1.54, 1.807) is 0 Å². The average molecular weight is 396 g/mol. The number of rotatable bonds is 2. The van der Waals surface area contributed by atoms with Crippen LogP contribution in [0.15, 0.2) is 41.1 Å². The van der Waals surface area contributed by atoms with Gasteiger partial charge >= 0.3 is 0 Å². The number of nitrogens with two attached hydrogens (primary N) is 1. The second-order valence-corrected chi connectivity index (χ2v) is 7.77. The van der Waals surface area contributed by atoms with Crippen LogP contribution < -0.4 is 5.73 Å². The molecule has 3 rings (SSSR count). The Bertz CT molecular complexity index is 971. The molecule has 2 unspecified atom stereocenters. The third-order valence-corrected chi connectivity index (χ3v) is 6.06. The minimum absolute atomic E-state index is 0.0914. The maximum Gasteiger partial charge on any atom is 0.191 e. The van der Waals surface area contributed by atoms with Gasteiger partial charge in [-0.3, -0.25) is 4.90 Å². The lowest BCUT2D eigenvalue weighted by molar-refractivity contribution is 0.172. The van der Waals surface area contributed by atoms with Crippen molar-refractivity contribution in [2.24, 2.45) is 17.1 Å². The van der Waals surface area contributed by atoms with E-state index in [9.17, 15) is 20.2 Å². The lowest BCUT2D eigenvalue weighted by Gasteiger charge is -2.46. The molecule has 0 saturated carbocycles. The molecule has 142 valence electrons. The van der Waals surface area contributed by atoms with Crippen molar-refractivity contribution < 1.29 is 4.39 Å². The standard InChI is InChI=1S/C21H19ClFN5/c1-12(2)28-7-6-13-14(8-24)20(27)21(10-25,11-26)19(15(13)9-28)18-16(22)4-3-5-17(18)23/h3-6,12,15,19H,7,9,27H2,1-2H3. The molecule has 2 aliphatic rings. The van der Waals surface area contributed by atoms with Crippen LogP contribution in [0.4, 0.5) is 4.39 Å². The molecule has 2 N–H and O–H groups in total. The first-order chi connectivity index (χ1) is 13.3. The summed E-state index contributed by atoms with van der Waals surface area (Å²) >= 11 is 6.34. The Morgan fingerprint density at radius 1 is 1.29 bits per heavy atom. The number of hydrogen-bond donors (Lipinski definition) is 1. The summed E-state index contributed by atoms with van der Waals surface area (Å²) in [5.41, 5.74) is 5.07. The number of allylic oxidation sites excluding steroid dienone is 2. The van der Waals surface area contributed by atoms with Crippen molar-refractivity contribution in [3.8, 4) is 18.2 Å². The smallest absolute Gasteiger partial charge is 0.191 e. The zero-order valence-electron chi connectivity index (χ0n) is 15.6. The maximum absolute atomic E-state index is 14.9. The lowest BCUT2D eigenvalue weighted by Crippen LogP contribution is -2.49. The summed E-state index contributed by atoms with van der Waals surface area (Å²) in [5, 5.41) is 29.9. The highest BCUT2D eigenvalue weighted by Crippen LogP contribution is 2.55. The van der Waals surface area contributed by atoms with Crippen molar-refractivity contribution in [2.75, 3.05) is 13.1 Å². The van der Waals surface area contributed by atoms with Crippen LogP contribution in [0.2, 0.25) is 5.02 Å². The van der Waals surface area contributed by atoms with Gasteiger partial charge in [0.1, 0.15) is 11.9 Å². The molecule has 0 spiro atoms. The van der Waals surface area contributed by atoms with Gasteiger partial charge in [0.2, 0.25) is 0 Å². The minimum atomic E-state index is -1.89. The number of nitrogens with zero attached hydrogens (tertiary/aromatic N) is 4. The molecule has 7 heteroatoms. The SMILES string of the molecule is CC(C)N1CC=C2C(C#N)=C(N)C(C#N)(C#N)C(c3c(F)cccc3Cl)C2C1. The fraction of sp³-hybridized carbons (Fsp3) is 0.381. The maximum atomic E-state index is 14.9. The Morgan fingerprint density at radius 2 is 1.96 bits per heavy atom. The highest BCUT2D eigenvalue weighted by atomic mass is 35.5. The number of fused-ring (bicyclic) bond motifs is 1. The molecule has 2 atom stereocenters. The summed E-state index contributed by atoms with van der Waals surface area (Å²) in [5.74, 6) is -1.99. The van der Waals surface area contributed by atoms with E-state index < -0.39 is 23.1 Å². The summed E-state index contributed by atoms with van der Waals surface area (Å²) in [6.45, 7) is 5.13. The predicted molar refractivity (Wildman–Crippen MR) is 103 cm³/mol. The number of halogens is 2. The summed E-state index contributed by atoms with van der Waals surface area (Å²) in [7, 11) is 0. The third kappa shape index (κ3) is 2.76. The highest BCUT2D eigenvalue weighted by Gasteiger charge is 2.55. The largest absolute Gasteiger partial charge is 0.399 e. The van der Waals surface area contributed by atoms with Gasteiger partial charge < -0.3 is 5.73 Å². The fourth-order valence-electron chi connectivity index (χ4n) is 4.24. The molecule has 1 heterocycles. The van der Waals surface area contributed by atoms with Crippen molar-refractivity contribution in [3.05, 3.63) is 57.5 Å². The molecule has 1 aliphatic carbocycles. The summed E-state index contributed by atoms with van der Waals surface area (Å²) in [4.78, 5) is 2.14. The molecular weight excluding hydrogens is 377 g/mol. The molecule has 0 fully saturated rings. The molecule has 5 nitrogen and oxygen atoms in total. The van der Waals surface area contributed by atoms with Crippen LogP contribution in [0.3, 0.4) is 0 Å². The van der Waals surface area contributed by atoms with Crippen molar-refractivity contribution in [2.45, 2.75) is 25.8 Å². The number of benzene rings is 1. The van der Waals surface area contributed by atoms with E-state index >= 15 is 0 Å². The molecule has 1 aliphatic heterocycles. The lowest BCUT2D eigenvalue weighted by atomic mass is 9.58. The van der Waals surface area contributed by atoms with E-state index in [-0.39, 0.29) is 27.9 Å². The van der Waals surface area contributed by atoms with Gasteiger partial charge in [-0.2, -0.15) is 15.8 Å². The van der Waals surface area contributed by atoms with Crippen molar-refractivity contribution in [3.63, 3.8) is 0 Å². The average Bonchev–Trinajstić information content (AvgIpc) is 2.68. The number of nitriles is 3. The van der Waals surface area contributed by atoms with Crippen LogP contribution in [0, 0.1) is 51.1 Å². The van der Waals surface area contributed by atoms with Crippen LogP contribution in [0.1, 0.15) is 25.3 Å². The first kappa shape index (κ1) is 19.9. The van der Waals surface area contributed by atoms with Crippen molar-refractivity contribution in [1.82, 2.24) is 4.90 Å². The third-order valence-electron chi connectivity index (χ3n) is 5.73. The quantitative estimate of drug-likeness (QED) is 0.824. The van der Waals surface area contributed by atoms with E-state index in [4.69, 9.17) is 17.3 Å². The van der Waals surface area contributed by atoms with E-state index in [1.807, 2.05) is 32.1 Å². The highest BCUT2D eigenvalue weighted by molar-refractivity contribution is 6.31.